The Morgan fingerprint density at radius 2 is 1.67 bits per heavy atom. The van der Waals surface area contributed by atoms with Crippen LogP contribution in [0.4, 0.5) is 11.4 Å². The van der Waals surface area contributed by atoms with Crippen molar-refractivity contribution in [1.82, 2.24) is 0 Å². The molecule has 1 aliphatic carbocycles. The van der Waals surface area contributed by atoms with Crippen molar-refractivity contribution in [2.24, 2.45) is 11.8 Å². The number of alkyl halides is 2. The summed E-state index contributed by atoms with van der Waals surface area (Å²) in [6, 6.07) is 9.68. The van der Waals surface area contributed by atoms with Crippen molar-refractivity contribution in [3.8, 4) is 5.75 Å². The number of esters is 1. The van der Waals surface area contributed by atoms with E-state index in [4.69, 9.17) is 9.47 Å². The van der Waals surface area contributed by atoms with Gasteiger partial charge >= 0.3 is 11.7 Å². The van der Waals surface area contributed by atoms with Gasteiger partial charge in [-0.25, -0.2) is 9.69 Å². The fraction of sp³-hybridized carbons (Fsp3) is 0.333. The van der Waals surface area contributed by atoms with Crippen molar-refractivity contribution >= 4 is 66.8 Å². The van der Waals surface area contributed by atoms with E-state index in [1.165, 1.54) is 31.4 Å². The van der Waals surface area contributed by atoms with E-state index < -0.39 is 40.8 Å². The van der Waals surface area contributed by atoms with E-state index >= 15 is 0 Å². The summed E-state index contributed by atoms with van der Waals surface area (Å²) in [6.07, 6.45) is 0.966. The van der Waals surface area contributed by atoms with Gasteiger partial charge in [0.15, 0.2) is 12.4 Å². The van der Waals surface area contributed by atoms with Crippen molar-refractivity contribution in [1.29, 1.82) is 0 Å². The summed E-state index contributed by atoms with van der Waals surface area (Å²) in [4.78, 5) is 63.4. The highest BCUT2D eigenvalue weighted by molar-refractivity contribution is 9.12. The topological polar surface area (TPSA) is 133 Å². The Labute approximate surface area is 222 Å². The molecule has 2 fully saturated rings. The van der Waals surface area contributed by atoms with Crippen LogP contribution >= 0.6 is 31.9 Å². The van der Waals surface area contributed by atoms with Crippen LogP contribution in [-0.2, 0) is 14.3 Å². The van der Waals surface area contributed by atoms with Gasteiger partial charge in [0.2, 0.25) is 17.6 Å². The van der Waals surface area contributed by atoms with Crippen LogP contribution in [-0.4, -0.2) is 51.9 Å². The average Bonchev–Trinajstić information content (AvgIpc) is 3.10. The minimum atomic E-state index is -0.908. The number of nitro benzene ring substituents is 1. The van der Waals surface area contributed by atoms with Crippen LogP contribution in [0.1, 0.15) is 33.6 Å². The number of ether oxygens (including phenoxy) is 2. The number of Topliss-reactive ketones (excluding diaryl/α,β-unsaturated/α-hetero) is 1. The van der Waals surface area contributed by atoms with Crippen molar-refractivity contribution in [2.45, 2.75) is 22.5 Å². The van der Waals surface area contributed by atoms with E-state index in [0.29, 0.717) is 12.8 Å². The summed E-state index contributed by atoms with van der Waals surface area (Å²) < 4.78 is 10.1. The third-order valence-corrected chi connectivity index (χ3v) is 9.04. The van der Waals surface area contributed by atoms with Crippen molar-refractivity contribution in [3.05, 3.63) is 63.7 Å². The number of para-hydroxylation sites is 1. The Kier molecular flexibility index (Phi) is 7.55. The number of methoxy groups -OCH3 is 1. The molecule has 0 N–H and O–H groups in total. The van der Waals surface area contributed by atoms with E-state index in [1.807, 2.05) is 0 Å². The number of rotatable bonds is 7. The molecular weight excluding hydrogens is 604 g/mol. The van der Waals surface area contributed by atoms with Gasteiger partial charge in [0.25, 0.3) is 0 Å². The van der Waals surface area contributed by atoms with Crippen molar-refractivity contribution in [3.63, 3.8) is 0 Å². The molecule has 36 heavy (non-hydrogen) atoms. The zero-order valence-corrected chi connectivity index (χ0v) is 22.1. The van der Waals surface area contributed by atoms with Gasteiger partial charge in [0, 0.05) is 21.3 Å². The molecule has 1 saturated carbocycles. The average molecular weight is 624 g/mol. The first-order valence-corrected chi connectivity index (χ1v) is 12.7. The number of hydrogen-bond acceptors (Lipinski definition) is 8. The minimum Gasteiger partial charge on any atom is -0.490 e. The van der Waals surface area contributed by atoms with E-state index in [2.05, 4.69) is 31.9 Å². The van der Waals surface area contributed by atoms with Gasteiger partial charge in [-0.05, 0) is 37.1 Å². The van der Waals surface area contributed by atoms with Crippen LogP contribution in [0.2, 0.25) is 0 Å². The van der Waals surface area contributed by atoms with Crippen molar-refractivity contribution < 1.29 is 33.6 Å². The summed E-state index contributed by atoms with van der Waals surface area (Å²) in [5.41, 5.74) is -0.385. The minimum absolute atomic E-state index is 0.0135. The molecule has 2 amide bonds. The Morgan fingerprint density at radius 3 is 2.25 bits per heavy atom. The number of fused-ring (bicyclic) bond motifs is 1. The number of halogens is 2. The third-order valence-electron chi connectivity index (χ3n) is 6.31. The maximum atomic E-state index is 13.2. The number of nitro groups is 1. The van der Waals surface area contributed by atoms with Gasteiger partial charge in [0.05, 0.1) is 35.1 Å². The Balaban J connectivity index is 1.52. The van der Waals surface area contributed by atoms with Gasteiger partial charge in [-0.3, -0.25) is 24.5 Å². The summed E-state index contributed by atoms with van der Waals surface area (Å²) in [5.74, 6) is -3.34. The Hall–Kier alpha value is -3.12. The standard InChI is InChI=1S/C24H20Br2N2O8/c1-35-21-7-6-12(8-19(21)28(33)34)20(29)11-36-24(32)13-4-2-3-5-18(13)27-22(30)14-9-16(25)17(26)10-15(14)23(27)31/h2-8,14-17H,9-11H2,1H3/t14-,15+,16-,17-/m0/s1. The van der Waals surface area contributed by atoms with Gasteiger partial charge in [-0.1, -0.05) is 44.0 Å². The Bertz CT molecular complexity index is 1240. The second-order valence-electron chi connectivity index (χ2n) is 8.39. The summed E-state index contributed by atoms with van der Waals surface area (Å²) in [5, 5.41) is 11.2. The molecule has 10 nitrogen and oxygen atoms in total. The maximum absolute atomic E-state index is 13.2. The van der Waals surface area contributed by atoms with Crippen LogP contribution in [0.15, 0.2) is 42.5 Å². The molecule has 4 rings (SSSR count). The summed E-state index contributed by atoms with van der Waals surface area (Å²) in [6.45, 7) is -0.694. The molecular formula is C24H20Br2N2O8. The highest BCUT2D eigenvalue weighted by Gasteiger charge is 2.53. The van der Waals surface area contributed by atoms with Crippen LogP contribution in [0.5, 0.6) is 5.75 Å². The molecule has 0 radical (unpaired) electrons. The lowest BCUT2D eigenvalue weighted by atomic mass is 9.81. The summed E-state index contributed by atoms with van der Waals surface area (Å²) in [7, 11) is 1.27. The predicted octanol–water partition coefficient (Wildman–Crippen LogP) is 4.07. The number of hydrogen-bond donors (Lipinski definition) is 0. The molecule has 12 heteroatoms. The first-order valence-electron chi connectivity index (χ1n) is 10.9. The second kappa shape index (κ2) is 10.5. The van der Waals surface area contributed by atoms with E-state index in [0.717, 1.165) is 11.0 Å². The Morgan fingerprint density at radius 1 is 1.06 bits per heavy atom. The number of carbonyl (C=O) groups is 4. The van der Waals surface area contributed by atoms with Gasteiger partial charge < -0.3 is 9.47 Å². The first-order chi connectivity index (χ1) is 17.1. The lowest BCUT2D eigenvalue weighted by Gasteiger charge is -2.29. The number of anilines is 1. The molecule has 4 atom stereocenters. The zero-order chi connectivity index (χ0) is 26.1. The van der Waals surface area contributed by atoms with E-state index in [1.54, 1.807) is 12.1 Å². The molecule has 1 saturated heterocycles. The molecule has 1 aliphatic heterocycles. The number of ketones is 1. The third kappa shape index (κ3) is 4.79. The largest absolute Gasteiger partial charge is 0.490 e. The molecule has 0 bridgehead atoms. The quantitative estimate of drug-likeness (QED) is 0.113. The van der Waals surface area contributed by atoms with Gasteiger partial charge in [0.1, 0.15) is 0 Å². The van der Waals surface area contributed by atoms with Crippen LogP contribution < -0.4 is 9.64 Å². The second-order valence-corrected chi connectivity index (χ2v) is 10.7. The molecule has 0 aromatic heterocycles. The lowest BCUT2D eigenvalue weighted by molar-refractivity contribution is -0.385. The number of benzene rings is 2. The van der Waals surface area contributed by atoms with E-state index in [-0.39, 0.29) is 44.0 Å². The molecule has 0 spiro atoms. The smallest absolute Gasteiger partial charge is 0.340 e. The van der Waals surface area contributed by atoms with Gasteiger partial charge in [-0.2, -0.15) is 0 Å². The fourth-order valence-electron chi connectivity index (χ4n) is 4.47. The SMILES string of the molecule is COc1ccc(C(=O)COC(=O)c2ccccc2N2C(=O)[C@H]3C[C@H](Br)[C@@H](Br)C[C@H]3C2=O)cc1[N+](=O)[O-]. The number of amides is 2. The molecule has 0 unspecified atom stereocenters. The highest BCUT2D eigenvalue weighted by atomic mass is 79.9. The number of nitrogens with zero attached hydrogens (tertiary/aromatic N) is 2. The normalized spacial score (nSPS) is 23.2. The van der Waals surface area contributed by atoms with E-state index in [9.17, 15) is 29.3 Å². The maximum Gasteiger partial charge on any atom is 0.340 e. The number of carbonyl (C=O) groups excluding carboxylic acids is 4. The number of imide groups is 1. The monoisotopic (exact) mass is 622 g/mol. The predicted molar refractivity (Wildman–Crippen MR) is 135 cm³/mol. The lowest BCUT2D eigenvalue weighted by Crippen LogP contribution is -2.34. The fourth-order valence-corrected chi connectivity index (χ4v) is 5.71. The molecule has 188 valence electrons. The molecule has 2 aromatic rings. The molecule has 1 heterocycles. The first kappa shape index (κ1) is 26.0. The molecule has 2 aliphatic rings. The highest BCUT2D eigenvalue weighted by Crippen LogP contribution is 2.45. The zero-order valence-electron chi connectivity index (χ0n) is 18.9. The van der Waals surface area contributed by atoms with Crippen molar-refractivity contribution in [2.75, 3.05) is 18.6 Å². The summed E-state index contributed by atoms with van der Waals surface area (Å²) >= 11 is 7.09. The van der Waals surface area contributed by atoms with Crippen LogP contribution in [0.3, 0.4) is 0 Å². The van der Waals surface area contributed by atoms with Crippen LogP contribution in [0, 0.1) is 22.0 Å². The van der Waals surface area contributed by atoms with Crippen LogP contribution in [0.25, 0.3) is 0 Å². The van der Waals surface area contributed by atoms with Gasteiger partial charge in [-0.15, -0.1) is 0 Å². The molecule has 2 aromatic carbocycles.